The summed E-state index contributed by atoms with van der Waals surface area (Å²) in [6.07, 6.45) is 2.85. The Morgan fingerprint density at radius 2 is 2.04 bits per heavy atom. The number of aryl methyl sites for hydroxylation is 1. The number of piperidine rings is 1. The van der Waals surface area contributed by atoms with Gasteiger partial charge in [-0.3, -0.25) is 19.5 Å². The Balaban J connectivity index is 1.74. The molecule has 1 amide bonds. The van der Waals surface area contributed by atoms with Gasteiger partial charge in [-0.1, -0.05) is 19.9 Å². The van der Waals surface area contributed by atoms with Gasteiger partial charge in [0.15, 0.2) is 0 Å². The van der Waals surface area contributed by atoms with Crippen LogP contribution in [0.15, 0.2) is 18.2 Å². The summed E-state index contributed by atoms with van der Waals surface area (Å²) in [5, 5.41) is 0. The second kappa shape index (κ2) is 8.60. The van der Waals surface area contributed by atoms with Gasteiger partial charge in [0.1, 0.15) is 0 Å². The third kappa shape index (κ3) is 4.22. The Bertz CT molecular complexity index is 711. The molecule has 2 saturated heterocycles. The molecular formula is C22H33N3O3. The van der Waals surface area contributed by atoms with Crippen molar-refractivity contribution in [3.05, 3.63) is 29.6 Å². The lowest BCUT2D eigenvalue weighted by atomic mass is 9.76. The fraction of sp³-hybridized carbons (Fsp3) is 0.682. The van der Waals surface area contributed by atoms with Crippen LogP contribution in [0.1, 0.15) is 50.9 Å². The summed E-state index contributed by atoms with van der Waals surface area (Å²) < 4.78 is 5.08. The zero-order chi connectivity index (χ0) is 20.3. The first-order chi connectivity index (χ1) is 13.4. The molecule has 28 heavy (non-hydrogen) atoms. The van der Waals surface area contributed by atoms with Crippen molar-refractivity contribution < 1.29 is 14.3 Å². The number of ether oxygens (including phenoxy) is 1. The highest BCUT2D eigenvalue weighted by Gasteiger charge is 2.56. The van der Waals surface area contributed by atoms with Gasteiger partial charge in [0.05, 0.1) is 24.3 Å². The van der Waals surface area contributed by atoms with Gasteiger partial charge in [-0.15, -0.1) is 0 Å². The van der Waals surface area contributed by atoms with Crippen molar-refractivity contribution in [1.82, 2.24) is 14.8 Å². The maximum atomic E-state index is 12.8. The van der Waals surface area contributed by atoms with Crippen LogP contribution in [-0.4, -0.2) is 58.9 Å². The summed E-state index contributed by atoms with van der Waals surface area (Å²) >= 11 is 0. The van der Waals surface area contributed by atoms with Crippen LogP contribution in [0.4, 0.5) is 0 Å². The lowest BCUT2D eigenvalue weighted by Gasteiger charge is -2.47. The molecule has 2 aliphatic heterocycles. The Morgan fingerprint density at radius 3 is 2.64 bits per heavy atom. The van der Waals surface area contributed by atoms with E-state index in [9.17, 15) is 9.59 Å². The van der Waals surface area contributed by atoms with E-state index in [4.69, 9.17) is 4.74 Å². The molecule has 1 spiro atoms. The number of carbonyl (C=O) groups excluding carboxylic acids is 2. The highest BCUT2D eigenvalue weighted by atomic mass is 16.5. The number of hydrogen-bond donors (Lipinski definition) is 0. The van der Waals surface area contributed by atoms with Gasteiger partial charge >= 0.3 is 5.97 Å². The van der Waals surface area contributed by atoms with Crippen LogP contribution in [-0.2, 0) is 20.9 Å². The number of rotatable bonds is 6. The molecule has 154 valence electrons. The minimum absolute atomic E-state index is 0.102. The molecule has 1 aromatic heterocycles. The van der Waals surface area contributed by atoms with Crippen molar-refractivity contribution in [2.75, 3.05) is 26.7 Å². The molecule has 0 aliphatic carbocycles. The molecule has 6 heteroatoms. The average Bonchev–Trinajstić information content (AvgIpc) is 2.93. The van der Waals surface area contributed by atoms with Gasteiger partial charge in [-0.2, -0.15) is 0 Å². The smallest absolute Gasteiger partial charge is 0.311 e. The number of nitrogens with zero attached hydrogens (tertiary/aromatic N) is 3. The van der Waals surface area contributed by atoms with Crippen LogP contribution in [0.25, 0.3) is 0 Å². The molecule has 0 saturated carbocycles. The molecule has 1 atom stereocenters. The van der Waals surface area contributed by atoms with E-state index in [-0.39, 0.29) is 24.2 Å². The number of methoxy groups -OCH3 is 1. The van der Waals surface area contributed by atoms with Gasteiger partial charge in [0, 0.05) is 38.3 Å². The molecule has 0 N–H and O–H groups in total. The van der Waals surface area contributed by atoms with Gasteiger partial charge in [0.25, 0.3) is 0 Å². The predicted octanol–water partition coefficient (Wildman–Crippen LogP) is 2.79. The number of likely N-dealkylation sites (tertiary alicyclic amines) is 2. The summed E-state index contributed by atoms with van der Waals surface area (Å²) in [6, 6.07) is 6.11. The molecular weight excluding hydrogens is 354 g/mol. The van der Waals surface area contributed by atoms with E-state index in [2.05, 4.69) is 29.8 Å². The first kappa shape index (κ1) is 20.8. The van der Waals surface area contributed by atoms with E-state index >= 15 is 0 Å². The normalized spacial score (nSPS) is 22.2. The average molecular weight is 388 g/mol. The second-order valence-electron chi connectivity index (χ2n) is 8.66. The van der Waals surface area contributed by atoms with Crippen molar-refractivity contribution in [3.63, 3.8) is 0 Å². The highest BCUT2D eigenvalue weighted by molar-refractivity contribution is 5.89. The van der Waals surface area contributed by atoms with E-state index in [1.54, 1.807) is 0 Å². The Hall–Kier alpha value is -1.95. The van der Waals surface area contributed by atoms with Crippen LogP contribution >= 0.6 is 0 Å². The molecule has 2 aliphatic rings. The van der Waals surface area contributed by atoms with E-state index < -0.39 is 5.54 Å². The first-order valence-corrected chi connectivity index (χ1v) is 10.4. The van der Waals surface area contributed by atoms with Crippen LogP contribution in [0.3, 0.4) is 0 Å². The van der Waals surface area contributed by atoms with Crippen LogP contribution in [0, 0.1) is 18.8 Å². The lowest BCUT2D eigenvalue weighted by Crippen LogP contribution is -2.57. The summed E-state index contributed by atoms with van der Waals surface area (Å²) in [5.41, 5.74) is 1.70. The molecule has 0 radical (unpaired) electrons. The molecule has 3 rings (SSSR count). The maximum Gasteiger partial charge on any atom is 0.311 e. The molecule has 1 unspecified atom stereocenters. The first-order valence-electron chi connectivity index (χ1n) is 10.4. The number of amides is 1. The molecule has 0 bridgehead atoms. The number of carbonyl (C=O) groups is 2. The van der Waals surface area contributed by atoms with E-state index in [0.29, 0.717) is 5.92 Å². The van der Waals surface area contributed by atoms with Crippen LogP contribution in [0.2, 0.25) is 0 Å². The van der Waals surface area contributed by atoms with Gasteiger partial charge in [0.2, 0.25) is 5.91 Å². The van der Waals surface area contributed by atoms with Crippen molar-refractivity contribution in [1.29, 1.82) is 0 Å². The summed E-state index contributed by atoms with van der Waals surface area (Å²) in [7, 11) is 1.43. The second-order valence-corrected chi connectivity index (χ2v) is 8.66. The zero-order valence-electron chi connectivity index (χ0n) is 17.6. The fourth-order valence-corrected chi connectivity index (χ4v) is 4.72. The third-order valence-corrected chi connectivity index (χ3v) is 6.34. The molecule has 3 heterocycles. The van der Waals surface area contributed by atoms with Gasteiger partial charge in [-0.05, 0) is 44.2 Å². The van der Waals surface area contributed by atoms with Crippen LogP contribution < -0.4 is 0 Å². The topological polar surface area (TPSA) is 62.7 Å². The van der Waals surface area contributed by atoms with Gasteiger partial charge in [-0.25, -0.2) is 0 Å². The third-order valence-electron chi connectivity index (χ3n) is 6.34. The monoisotopic (exact) mass is 387 g/mol. The minimum atomic E-state index is -0.393. The van der Waals surface area contributed by atoms with E-state index in [0.717, 1.165) is 56.8 Å². The Morgan fingerprint density at radius 1 is 1.32 bits per heavy atom. The van der Waals surface area contributed by atoms with E-state index in [1.807, 2.05) is 24.0 Å². The minimum Gasteiger partial charge on any atom is -0.469 e. The van der Waals surface area contributed by atoms with E-state index in [1.165, 1.54) is 7.11 Å². The quantitative estimate of drug-likeness (QED) is 0.703. The number of pyridine rings is 1. The fourth-order valence-electron chi connectivity index (χ4n) is 4.72. The number of aromatic nitrogens is 1. The number of esters is 1. The molecule has 2 fully saturated rings. The van der Waals surface area contributed by atoms with Gasteiger partial charge < -0.3 is 9.64 Å². The summed E-state index contributed by atoms with van der Waals surface area (Å²) in [6.45, 7) is 9.59. The standard InChI is InChI=1S/C22H33N3O3/c1-16(2)8-11-25-20(26)14-19(21(27)28-4)22(25)9-12-24(13-10-22)15-18-7-5-6-17(3)23-18/h5-7,16,19H,8-15H2,1-4H3. The SMILES string of the molecule is COC(=O)C1CC(=O)N(CCC(C)C)C12CCN(Cc1cccc(C)n1)CC2. The van der Waals surface area contributed by atoms with Crippen molar-refractivity contribution in [2.24, 2.45) is 11.8 Å². The maximum absolute atomic E-state index is 12.8. The largest absolute Gasteiger partial charge is 0.469 e. The molecule has 1 aromatic rings. The summed E-state index contributed by atoms with van der Waals surface area (Å²) in [5.74, 6) is 0.0324. The molecule has 0 aromatic carbocycles. The van der Waals surface area contributed by atoms with Crippen molar-refractivity contribution >= 4 is 11.9 Å². The predicted molar refractivity (Wildman–Crippen MR) is 108 cm³/mol. The van der Waals surface area contributed by atoms with Crippen molar-refractivity contribution in [2.45, 2.75) is 58.5 Å². The highest BCUT2D eigenvalue weighted by Crippen LogP contribution is 2.44. The Labute approximate surface area is 168 Å². The molecule has 6 nitrogen and oxygen atoms in total. The zero-order valence-corrected chi connectivity index (χ0v) is 17.6. The van der Waals surface area contributed by atoms with Crippen molar-refractivity contribution in [3.8, 4) is 0 Å². The summed E-state index contributed by atoms with van der Waals surface area (Å²) in [4.78, 5) is 34.3. The van der Waals surface area contributed by atoms with Crippen LogP contribution in [0.5, 0.6) is 0 Å². The lowest BCUT2D eigenvalue weighted by molar-refractivity contribution is -0.150. The number of hydrogen-bond acceptors (Lipinski definition) is 5. The Kier molecular flexibility index (Phi) is 6.38.